The lowest BCUT2D eigenvalue weighted by molar-refractivity contribution is 0.209. The number of ether oxygens (including phenoxy) is 1. The maximum Gasteiger partial charge on any atom is 0.132 e. The van der Waals surface area contributed by atoms with Gasteiger partial charge in [0.1, 0.15) is 23.5 Å². The van der Waals surface area contributed by atoms with Crippen LogP contribution in [0, 0.1) is 11.6 Å². The zero-order valence-corrected chi connectivity index (χ0v) is 9.73. The SMILES string of the molecule is COc1ccccc1C(O)c1ccc(F)cc1F. The van der Waals surface area contributed by atoms with Gasteiger partial charge in [-0.3, -0.25) is 0 Å². The zero-order chi connectivity index (χ0) is 13.1. The molecule has 94 valence electrons. The van der Waals surface area contributed by atoms with Crippen LogP contribution in [0.1, 0.15) is 17.2 Å². The molecule has 0 heterocycles. The van der Waals surface area contributed by atoms with Crippen molar-refractivity contribution in [2.24, 2.45) is 0 Å². The molecule has 2 rings (SSSR count). The molecule has 1 N–H and O–H groups in total. The molecule has 0 saturated carbocycles. The maximum atomic E-state index is 13.6. The molecule has 0 amide bonds. The summed E-state index contributed by atoms with van der Waals surface area (Å²) < 4.78 is 31.5. The van der Waals surface area contributed by atoms with Gasteiger partial charge in [0.25, 0.3) is 0 Å². The average molecular weight is 250 g/mol. The van der Waals surface area contributed by atoms with E-state index in [0.29, 0.717) is 11.3 Å². The van der Waals surface area contributed by atoms with E-state index in [4.69, 9.17) is 4.74 Å². The van der Waals surface area contributed by atoms with Crippen molar-refractivity contribution in [2.75, 3.05) is 7.11 Å². The van der Waals surface area contributed by atoms with Crippen LogP contribution in [0.4, 0.5) is 8.78 Å². The number of aliphatic hydroxyl groups is 1. The molecule has 2 nitrogen and oxygen atoms in total. The van der Waals surface area contributed by atoms with Crippen molar-refractivity contribution in [3.05, 3.63) is 65.2 Å². The molecule has 2 aromatic rings. The molecular weight excluding hydrogens is 238 g/mol. The molecule has 0 radical (unpaired) electrons. The number of rotatable bonds is 3. The van der Waals surface area contributed by atoms with Gasteiger partial charge >= 0.3 is 0 Å². The Bertz CT molecular complexity index is 555. The first kappa shape index (κ1) is 12.5. The predicted molar refractivity (Wildman–Crippen MR) is 63.4 cm³/mol. The molecule has 0 aromatic heterocycles. The molecule has 0 fully saturated rings. The average Bonchev–Trinajstić information content (AvgIpc) is 2.38. The summed E-state index contributed by atoms with van der Waals surface area (Å²) >= 11 is 0. The minimum atomic E-state index is -1.19. The van der Waals surface area contributed by atoms with Gasteiger partial charge in [-0.15, -0.1) is 0 Å². The Morgan fingerprint density at radius 2 is 1.78 bits per heavy atom. The third kappa shape index (κ3) is 2.33. The van der Waals surface area contributed by atoms with E-state index in [9.17, 15) is 13.9 Å². The highest BCUT2D eigenvalue weighted by molar-refractivity contribution is 5.40. The molecule has 4 heteroatoms. The topological polar surface area (TPSA) is 29.5 Å². The standard InChI is InChI=1S/C14H12F2O2/c1-18-13-5-3-2-4-11(13)14(17)10-7-6-9(15)8-12(10)16/h2-8,14,17H,1H3. The molecule has 0 aliphatic carbocycles. The number of halogens is 2. The fraction of sp³-hybridized carbons (Fsp3) is 0.143. The van der Waals surface area contributed by atoms with Gasteiger partial charge in [-0.25, -0.2) is 8.78 Å². The van der Waals surface area contributed by atoms with E-state index in [2.05, 4.69) is 0 Å². The Kier molecular flexibility index (Phi) is 3.58. The Balaban J connectivity index is 2.44. The maximum absolute atomic E-state index is 13.6. The Hall–Kier alpha value is -1.94. The summed E-state index contributed by atoms with van der Waals surface area (Å²) in [5.41, 5.74) is 0.450. The van der Waals surface area contributed by atoms with Gasteiger partial charge in [0.2, 0.25) is 0 Å². The summed E-state index contributed by atoms with van der Waals surface area (Å²) in [6, 6.07) is 9.83. The summed E-state index contributed by atoms with van der Waals surface area (Å²) in [6.45, 7) is 0. The van der Waals surface area contributed by atoms with E-state index >= 15 is 0 Å². The number of aliphatic hydroxyl groups excluding tert-OH is 1. The quantitative estimate of drug-likeness (QED) is 0.907. The highest BCUT2D eigenvalue weighted by Gasteiger charge is 2.18. The van der Waals surface area contributed by atoms with Crippen molar-refractivity contribution in [2.45, 2.75) is 6.10 Å². The van der Waals surface area contributed by atoms with Crippen LogP contribution < -0.4 is 4.74 Å². The Morgan fingerprint density at radius 3 is 2.44 bits per heavy atom. The minimum absolute atomic E-state index is 0.0147. The van der Waals surface area contributed by atoms with E-state index in [-0.39, 0.29) is 5.56 Å². The first-order chi connectivity index (χ1) is 8.63. The fourth-order valence-electron chi connectivity index (χ4n) is 1.78. The van der Waals surface area contributed by atoms with Crippen LogP contribution in [0.2, 0.25) is 0 Å². The van der Waals surface area contributed by atoms with Gasteiger partial charge in [0, 0.05) is 17.2 Å². The van der Waals surface area contributed by atoms with Crippen molar-refractivity contribution >= 4 is 0 Å². The van der Waals surface area contributed by atoms with Gasteiger partial charge in [-0.05, 0) is 12.1 Å². The zero-order valence-electron chi connectivity index (χ0n) is 9.73. The minimum Gasteiger partial charge on any atom is -0.496 e. The first-order valence-electron chi connectivity index (χ1n) is 5.39. The fourth-order valence-corrected chi connectivity index (χ4v) is 1.78. The predicted octanol–water partition coefficient (Wildman–Crippen LogP) is 3.06. The van der Waals surface area contributed by atoms with E-state index in [1.54, 1.807) is 24.3 Å². The smallest absolute Gasteiger partial charge is 0.132 e. The molecule has 0 spiro atoms. The molecule has 2 aromatic carbocycles. The number of hydrogen-bond donors (Lipinski definition) is 1. The monoisotopic (exact) mass is 250 g/mol. The second-order valence-electron chi connectivity index (χ2n) is 3.81. The molecule has 0 saturated heterocycles. The van der Waals surface area contributed by atoms with Crippen LogP contribution in [0.25, 0.3) is 0 Å². The lowest BCUT2D eigenvalue weighted by Crippen LogP contribution is -2.05. The van der Waals surface area contributed by atoms with Crippen LogP contribution in [0.15, 0.2) is 42.5 Å². The van der Waals surface area contributed by atoms with Crippen LogP contribution in [-0.2, 0) is 0 Å². The third-order valence-electron chi connectivity index (χ3n) is 2.69. The van der Waals surface area contributed by atoms with Crippen molar-refractivity contribution in [1.82, 2.24) is 0 Å². The number of benzene rings is 2. The van der Waals surface area contributed by atoms with Crippen LogP contribution in [0.3, 0.4) is 0 Å². The van der Waals surface area contributed by atoms with Crippen molar-refractivity contribution in [1.29, 1.82) is 0 Å². The Morgan fingerprint density at radius 1 is 1.06 bits per heavy atom. The van der Waals surface area contributed by atoms with Crippen molar-refractivity contribution in [3.63, 3.8) is 0 Å². The highest BCUT2D eigenvalue weighted by Crippen LogP contribution is 2.31. The second kappa shape index (κ2) is 5.14. The van der Waals surface area contributed by atoms with Gasteiger partial charge in [-0.2, -0.15) is 0 Å². The molecule has 1 atom stereocenters. The van der Waals surface area contributed by atoms with Crippen molar-refractivity contribution in [3.8, 4) is 5.75 Å². The number of para-hydroxylation sites is 1. The summed E-state index contributed by atoms with van der Waals surface area (Å²) in [6.07, 6.45) is -1.19. The van der Waals surface area contributed by atoms with Gasteiger partial charge in [0.05, 0.1) is 7.11 Å². The van der Waals surface area contributed by atoms with Gasteiger partial charge < -0.3 is 9.84 Å². The molecule has 1 unspecified atom stereocenters. The number of methoxy groups -OCH3 is 1. The highest BCUT2D eigenvalue weighted by atomic mass is 19.1. The van der Waals surface area contributed by atoms with Gasteiger partial charge in [0.15, 0.2) is 0 Å². The summed E-state index contributed by atoms with van der Waals surface area (Å²) in [5.74, 6) is -1.01. The van der Waals surface area contributed by atoms with E-state index in [0.717, 1.165) is 12.1 Å². The largest absolute Gasteiger partial charge is 0.496 e. The first-order valence-corrected chi connectivity index (χ1v) is 5.39. The Labute approximate surface area is 103 Å². The van der Waals surface area contributed by atoms with Crippen molar-refractivity contribution < 1.29 is 18.6 Å². The van der Waals surface area contributed by atoms with Crippen LogP contribution in [-0.4, -0.2) is 12.2 Å². The summed E-state index contributed by atoms with van der Waals surface area (Å²) in [5, 5.41) is 10.1. The normalized spacial score (nSPS) is 12.2. The summed E-state index contributed by atoms with van der Waals surface area (Å²) in [4.78, 5) is 0. The third-order valence-corrected chi connectivity index (χ3v) is 2.69. The molecule has 0 bridgehead atoms. The van der Waals surface area contributed by atoms with E-state index in [1.807, 2.05) is 0 Å². The lowest BCUT2D eigenvalue weighted by Gasteiger charge is -2.15. The van der Waals surface area contributed by atoms with Gasteiger partial charge in [-0.1, -0.05) is 24.3 Å². The second-order valence-corrected chi connectivity index (χ2v) is 3.81. The van der Waals surface area contributed by atoms with Crippen LogP contribution in [0.5, 0.6) is 5.75 Å². The molecule has 18 heavy (non-hydrogen) atoms. The number of hydrogen-bond acceptors (Lipinski definition) is 2. The summed E-state index contributed by atoms with van der Waals surface area (Å²) in [7, 11) is 1.46. The van der Waals surface area contributed by atoms with Crippen LogP contribution >= 0.6 is 0 Å². The lowest BCUT2D eigenvalue weighted by atomic mass is 10.00. The van der Waals surface area contributed by atoms with E-state index in [1.165, 1.54) is 13.2 Å². The molecular formula is C14H12F2O2. The molecule has 0 aliphatic rings. The van der Waals surface area contributed by atoms with E-state index < -0.39 is 17.7 Å². The molecule has 0 aliphatic heterocycles.